The predicted molar refractivity (Wildman–Crippen MR) is 70.0 cm³/mol. The molecule has 5 nitrogen and oxygen atoms in total. The molecule has 1 fully saturated rings. The Bertz CT molecular complexity index is 630. The Hall–Kier alpha value is -1.50. The zero-order chi connectivity index (χ0) is 15.6. The second kappa shape index (κ2) is 6.09. The van der Waals surface area contributed by atoms with Gasteiger partial charge in [0.2, 0.25) is 0 Å². The van der Waals surface area contributed by atoms with E-state index in [-0.39, 0.29) is 5.03 Å². The first-order chi connectivity index (χ1) is 9.84. The Balaban J connectivity index is 2.49. The SMILES string of the molecule is Cc1c(C(F)(F)F)c(C#N)c(SC2CNCCO2)[nH]c1=O. The van der Waals surface area contributed by atoms with E-state index in [1.807, 2.05) is 0 Å². The quantitative estimate of drug-likeness (QED) is 0.866. The van der Waals surface area contributed by atoms with Gasteiger partial charge >= 0.3 is 6.18 Å². The minimum absolute atomic E-state index is 0.117. The lowest BCUT2D eigenvalue weighted by Gasteiger charge is -2.23. The number of nitriles is 1. The van der Waals surface area contributed by atoms with Crippen LogP contribution in [0.15, 0.2) is 9.82 Å². The van der Waals surface area contributed by atoms with Crippen LogP contribution in [-0.2, 0) is 10.9 Å². The normalized spacial score (nSPS) is 19.3. The lowest BCUT2D eigenvalue weighted by molar-refractivity contribution is -0.138. The van der Waals surface area contributed by atoms with Gasteiger partial charge in [-0.2, -0.15) is 18.4 Å². The van der Waals surface area contributed by atoms with Gasteiger partial charge in [0.25, 0.3) is 5.56 Å². The van der Waals surface area contributed by atoms with Crippen molar-refractivity contribution in [3.63, 3.8) is 0 Å². The molecule has 2 rings (SSSR count). The Morgan fingerprint density at radius 1 is 1.48 bits per heavy atom. The molecule has 0 radical (unpaired) electrons. The molecule has 1 aliphatic heterocycles. The van der Waals surface area contributed by atoms with E-state index in [4.69, 9.17) is 10.00 Å². The van der Waals surface area contributed by atoms with Crippen molar-refractivity contribution in [2.75, 3.05) is 19.7 Å². The smallest absolute Gasteiger partial charge is 0.365 e. The molecule has 2 N–H and O–H groups in total. The van der Waals surface area contributed by atoms with E-state index in [0.29, 0.717) is 19.7 Å². The number of nitrogens with one attached hydrogen (secondary N) is 2. The van der Waals surface area contributed by atoms with Gasteiger partial charge < -0.3 is 15.0 Å². The van der Waals surface area contributed by atoms with E-state index in [2.05, 4.69) is 10.3 Å². The van der Waals surface area contributed by atoms with Crippen molar-refractivity contribution < 1.29 is 17.9 Å². The summed E-state index contributed by atoms with van der Waals surface area (Å²) in [4.78, 5) is 14.0. The molecule has 1 aromatic heterocycles. The molecule has 0 amide bonds. The third kappa shape index (κ3) is 3.40. The van der Waals surface area contributed by atoms with Gasteiger partial charge in [-0.1, -0.05) is 11.8 Å². The molecule has 1 aliphatic rings. The standard InChI is InChI=1S/C12H12F3N3O2S/c1-6-9(12(13,14)15)7(4-16)11(18-10(6)19)21-8-5-17-2-3-20-8/h8,17H,2-3,5H2,1H3,(H,18,19). The number of aromatic amines is 1. The molecule has 1 unspecified atom stereocenters. The monoisotopic (exact) mass is 319 g/mol. The average molecular weight is 319 g/mol. The third-order valence-electron chi connectivity index (χ3n) is 2.96. The van der Waals surface area contributed by atoms with Crippen LogP contribution in [0.5, 0.6) is 0 Å². The van der Waals surface area contributed by atoms with Gasteiger partial charge in [0.05, 0.1) is 22.8 Å². The van der Waals surface area contributed by atoms with Crippen LogP contribution < -0.4 is 10.9 Å². The molecule has 2 heterocycles. The maximum atomic E-state index is 13.1. The molecule has 1 saturated heterocycles. The number of rotatable bonds is 2. The van der Waals surface area contributed by atoms with Crippen molar-refractivity contribution >= 4 is 11.8 Å². The van der Waals surface area contributed by atoms with E-state index in [0.717, 1.165) is 18.7 Å². The van der Waals surface area contributed by atoms with Gasteiger partial charge in [-0.15, -0.1) is 0 Å². The largest absolute Gasteiger partial charge is 0.418 e. The minimum atomic E-state index is -4.76. The summed E-state index contributed by atoms with van der Waals surface area (Å²) in [5.74, 6) is 0. The fourth-order valence-corrected chi connectivity index (χ4v) is 3.02. The summed E-state index contributed by atoms with van der Waals surface area (Å²) in [7, 11) is 0. The van der Waals surface area contributed by atoms with Crippen molar-refractivity contribution in [1.29, 1.82) is 5.26 Å². The van der Waals surface area contributed by atoms with E-state index in [1.165, 1.54) is 0 Å². The van der Waals surface area contributed by atoms with Crippen LogP contribution in [0.2, 0.25) is 0 Å². The third-order valence-corrected chi connectivity index (χ3v) is 4.07. The van der Waals surface area contributed by atoms with Gasteiger partial charge in [-0.05, 0) is 6.92 Å². The van der Waals surface area contributed by atoms with Gasteiger partial charge in [0.15, 0.2) is 0 Å². The van der Waals surface area contributed by atoms with Crippen molar-refractivity contribution in [2.45, 2.75) is 23.6 Å². The first kappa shape index (κ1) is 15.9. The van der Waals surface area contributed by atoms with Gasteiger partial charge in [-0.25, -0.2) is 0 Å². The Morgan fingerprint density at radius 2 is 2.19 bits per heavy atom. The number of aromatic nitrogens is 1. The molecule has 0 aromatic carbocycles. The summed E-state index contributed by atoms with van der Waals surface area (Å²) < 4.78 is 44.6. The lowest BCUT2D eigenvalue weighted by atomic mass is 10.1. The molecule has 1 atom stereocenters. The Kier molecular flexibility index (Phi) is 4.61. The first-order valence-corrected chi connectivity index (χ1v) is 6.95. The number of morpholine rings is 1. The van der Waals surface area contributed by atoms with Crippen molar-refractivity contribution in [2.24, 2.45) is 0 Å². The zero-order valence-corrected chi connectivity index (χ0v) is 11.8. The molecule has 0 bridgehead atoms. The number of alkyl halides is 3. The second-order valence-electron chi connectivity index (χ2n) is 4.39. The van der Waals surface area contributed by atoms with Crippen LogP contribution in [0.1, 0.15) is 16.7 Å². The predicted octanol–water partition coefficient (Wildman–Crippen LogP) is 1.61. The highest BCUT2D eigenvalue weighted by molar-refractivity contribution is 7.99. The molecule has 21 heavy (non-hydrogen) atoms. The molecule has 114 valence electrons. The van der Waals surface area contributed by atoms with Gasteiger partial charge in [-0.3, -0.25) is 4.79 Å². The highest BCUT2D eigenvalue weighted by Gasteiger charge is 2.38. The Morgan fingerprint density at radius 3 is 2.71 bits per heavy atom. The second-order valence-corrected chi connectivity index (χ2v) is 5.56. The molecule has 0 aliphatic carbocycles. The average Bonchev–Trinajstić information content (AvgIpc) is 2.42. The number of pyridine rings is 1. The van der Waals surface area contributed by atoms with E-state index in [9.17, 15) is 18.0 Å². The van der Waals surface area contributed by atoms with Gasteiger partial charge in [0, 0.05) is 18.7 Å². The van der Waals surface area contributed by atoms with Crippen molar-refractivity contribution in [1.82, 2.24) is 10.3 Å². The summed E-state index contributed by atoms with van der Waals surface area (Å²) in [5.41, 5.74) is -3.57. The topological polar surface area (TPSA) is 77.9 Å². The molecule has 1 aromatic rings. The molecular weight excluding hydrogens is 307 g/mol. The fourth-order valence-electron chi connectivity index (χ4n) is 1.97. The molecule has 9 heteroatoms. The number of nitrogens with zero attached hydrogens (tertiary/aromatic N) is 1. The van der Waals surface area contributed by atoms with Crippen LogP contribution in [-0.4, -0.2) is 30.1 Å². The summed E-state index contributed by atoms with van der Waals surface area (Å²) >= 11 is 0.906. The van der Waals surface area contributed by atoms with Crippen LogP contribution in [0.25, 0.3) is 0 Å². The maximum absolute atomic E-state index is 13.1. The lowest BCUT2D eigenvalue weighted by Crippen LogP contribution is -2.36. The van der Waals surface area contributed by atoms with E-state index >= 15 is 0 Å². The number of halogens is 3. The zero-order valence-electron chi connectivity index (χ0n) is 11.0. The minimum Gasteiger partial charge on any atom is -0.365 e. The summed E-state index contributed by atoms with van der Waals surface area (Å²) in [6.45, 7) is 2.55. The van der Waals surface area contributed by atoms with E-state index < -0.39 is 33.9 Å². The fraction of sp³-hybridized carbons (Fsp3) is 0.500. The highest BCUT2D eigenvalue weighted by Crippen LogP contribution is 2.37. The Labute approximate surface area is 122 Å². The van der Waals surface area contributed by atoms with E-state index in [1.54, 1.807) is 6.07 Å². The van der Waals surface area contributed by atoms with Crippen LogP contribution in [0.4, 0.5) is 13.2 Å². The summed E-state index contributed by atoms with van der Waals surface area (Å²) in [6.07, 6.45) is -4.76. The van der Waals surface area contributed by atoms with Crippen molar-refractivity contribution in [3.05, 3.63) is 27.0 Å². The highest BCUT2D eigenvalue weighted by atomic mass is 32.2. The molecule has 0 saturated carbocycles. The van der Waals surface area contributed by atoms with Crippen LogP contribution in [0.3, 0.4) is 0 Å². The summed E-state index contributed by atoms with van der Waals surface area (Å²) in [5, 5.41) is 12.0. The van der Waals surface area contributed by atoms with Crippen molar-refractivity contribution in [3.8, 4) is 6.07 Å². The number of H-pyrrole nitrogens is 1. The first-order valence-electron chi connectivity index (χ1n) is 6.07. The number of hydrogen-bond donors (Lipinski definition) is 2. The number of thioether (sulfide) groups is 1. The summed E-state index contributed by atoms with van der Waals surface area (Å²) in [6, 6.07) is 1.54. The number of hydrogen-bond acceptors (Lipinski definition) is 5. The van der Waals surface area contributed by atoms with Crippen LogP contribution in [0, 0.1) is 18.3 Å². The molecular formula is C12H12F3N3O2S. The van der Waals surface area contributed by atoms with Gasteiger partial charge in [0.1, 0.15) is 11.5 Å². The maximum Gasteiger partial charge on any atom is 0.418 e. The molecule has 0 spiro atoms. The number of ether oxygens (including phenoxy) is 1. The van der Waals surface area contributed by atoms with Crippen LogP contribution >= 0.6 is 11.8 Å².